The van der Waals surface area contributed by atoms with E-state index < -0.39 is 0 Å². The molecule has 3 aromatic rings. The van der Waals surface area contributed by atoms with Crippen LogP contribution in [-0.2, 0) is 17.8 Å². The number of hydrogen-bond acceptors (Lipinski definition) is 5. The summed E-state index contributed by atoms with van der Waals surface area (Å²) in [4.78, 5) is 33.6. The van der Waals surface area contributed by atoms with E-state index in [1.165, 1.54) is 22.5 Å². The highest BCUT2D eigenvalue weighted by Gasteiger charge is 2.31. The third-order valence-corrected chi connectivity index (χ3v) is 7.37. The van der Waals surface area contributed by atoms with Crippen LogP contribution in [0.5, 0.6) is 5.75 Å². The molecule has 6 nitrogen and oxygen atoms in total. The van der Waals surface area contributed by atoms with E-state index >= 15 is 0 Å². The van der Waals surface area contributed by atoms with Crippen molar-refractivity contribution in [3.05, 3.63) is 80.8 Å². The van der Waals surface area contributed by atoms with Crippen LogP contribution < -0.4 is 4.74 Å². The van der Waals surface area contributed by atoms with Crippen LogP contribution >= 0.6 is 11.3 Å². The first-order valence-electron chi connectivity index (χ1n) is 12.3. The molecular formula is C28H33N3O3S. The monoisotopic (exact) mass is 491 g/mol. The van der Waals surface area contributed by atoms with E-state index in [0.717, 1.165) is 28.3 Å². The Morgan fingerprint density at radius 1 is 1.11 bits per heavy atom. The molecule has 0 N–H and O–H groups in total. The zero-order valence-electron chi connectivity index (χ0n) is 20.9. The molecule has 184 valence electrons. The minimum atomic E-state index is -0.131. The van der Waals surface area contributed by atoms with Crippen molar-refractivity contribution < 1.29 is 14.3 Å². The molecule has 0 radical (unpaired) electrons. The van der Waals surface area contributed by atoms with Crippen molar-refractivity contribution in [3.8, 4) is 5.75 Å². The van der Waals surface area contributed by atoms with Gasteiger partial charge in [0.15, 0.2) is 0 Å². The molecule has 4 rings (SSSR count). The van der Waals surface area contributed by atoms with Crippen LogP contribution in [-0.4, -0.2) is 46.2 Å². The number of hydrogen-bond donors (Lipinski definition) is 0. The van der Waals surface area contributed by atoms with Gasteiger partial charge in [0.2, 0.25) is 5.91 Å². The molecule has 1 aromatic heterocycles. The predicted molar refractivity (Wildman–Crippen MR) is 139 cm³/mol. The van der Waals surface area contributed by atoms with Gasteiger partial charge in [-0.25, -0.2) is 4.98 Å². The Bertz CT molecular complexity index is 1180. The first-order valence-corrected chi connectivity index (χ1v) is 13.2. The molecule has 0 bridgehead atoms. The Morgan fingerprint density at radius 2 is 1.86 bits per heavy atom. The molecular weight excluding hydrogens is 458 g/mol. The van der Waals surface area contributed by atoms with Crippen molar-refractivity contribution in [3.63, 3.8) is 0 Å². The third-order valence-electron chi connectivity index (χ3n) is 6.55. The van der Waals surface area contributed by atoms with Gasteiger partial charge < -0.3 is 14.5 Å². The first kappa shape index (κ1) is 24.9. The van der Waals surface area contributed by atoms with E-state index in [-0.39, 0.29) is 17.9 Å². The van der Waals surface area contributed by atoms with Crippen molar-refractivity contribution >= 4 is 23.2 Å². The molecule has 35 heavy (non-hydrogen) atoms. The molecule has 1 aliphatic heterocycles. The molecule has 1 aliphatic rings. The molecule has 2 amide bonds. The predicted octanol–water partition coefficient (Wildman–Crippen LogP) is 5.40. The van der Waals surface area contributed by atoms with Gasteiger partial charge in [0.1, 0.15) is 23.1 Å². The van der Waals surface area contributed by atoms with Gasteiger partial charge in [-0.15, -0.1) is 11.3 Å². The van der Waals surface area contributed by atoms with Crippen molar-refractivity contribution in [1.29, 1.82) is 0 Å². The number of aromatic nitrogens is 1. The number of thiazole rings is 1. The number of ether oxygens (including phenoxy) is 1. The maximum absolute atomic E-state index is 12.8. The molecule has 1 unspecified atom stereocenters. The highest BCUT2D eigenvalue weighted by Crippen LogP contribution is 2.37. The smallest absolute Gasteiger partial charge is 0.273 e. The van der Waals surface area contributed by atoms with Crippen LogP contribution in [0.15, 0.2) is 47.8 Å². The number of nitrogens with zero attached hydrogens (tertiary/aromatic N) is 3. The second kappa shape index (κ2) is 11.0. The fourth-order valence-electron chi connectivity index (χ4n) is 4.56. The van der Waals surface area contributed by atoms with Gasteiger partial charge in [-0.05, 0) is 56.0 Å². The maximum Gasteiger partial charge on any atom is 0.273 e. The van der Waals surface area contributed by atoms with E-state index in [0.29, 0.717) is 38.4 Å². The second-order valence-electron chi connectivity index (χ2n) is 8.76. The lowest BCUT2D eigenvalue weighted by molar-refractivity contribution is -0.132. The van der Waals surface area contributed by atoms with E-state index in [1.54, 1.807) is 10.3 Å². The maximum atomic E-state index is 12.8. The lowest BCUT2D eigenvalue weighted by atomic mass is 9.87. The van der Waals surface area contributed by atoms with Crippen LogP contribution in [0, 0.1) is 6.92 Å². The third kappa shape index (κ3) is 5.40. The SMILES string of the molecule is CCC(=O)N1CCc2ccc(OCc3nc(C(=O)N(CC)CC)cs3)cc2C1c1ccc(C)cc1. The average molecular weight is 492 g/mol. The van der Waals surface area contributed by atoms with E-state index in [2.05, 4.69) is 48.3 Å². The van der Waals surface area contributed by atoms with Crippen LogP contribution in [0.25, 0.3) is 0 Å². The largest absolute Gasteiger partial charge is 0.486 e. The molecule has 1 atom stereocenters. The molecule has 0 fully saturated rings. The van der Waals surface area contributed by atoms with Gasteiger partial charge >= 0.3 is 0 Å². The summed E-state index contributed by atoms with van der Waals surface area (Å²) in [6.45, 7) is 10.2. The van der Waals surface area contributed by atoms with Crippen LogP contribution in [0.4, 0.5) is 0 Å². The van der Waals surface area contributed by atoms with E-state index in [9.17, 15) is 9.59 Å². The fourth-order valence-corrected chi connectivity index (χ4v) is 5.24. The number of carbonyl (C=O) groups excluding carboxylic acids is 2. The number of amides is 2. The summed E-state index contributed by atoms with van der Waals surface area (Å²) in [7, 11) is 0. The standard InChI is InChI=1S/C28H33N3O3S/c1-5-26(32)31-15-14-20-12-13-22(16-23(20)27(31)21-10-8-19(4)9-11-21)34-17-25-29-24(18-35-25)28(33)30(6-2)7-3/h8-13,16,18,27H,5-7,14-15,17H2,1-4H3. The Kier molecular flexibility index (Phi) is 7.86. The summed E-state index contributed by atoms with van der Waals surface area (Å²) in [5.74, 6) is 0.840. The van der Waals surface area contributed by atoms with Crippen LogP contribution in [0.2, 0.25) is 0 Å². The summed E-state index contributed by atoms with van der Waals surface area (Å²) >= 11 is 1.43. The minimum Gasteiger partial charge on any atom is -0.486 e. The fraction of sp³-hybridized carbons (Fsp3) is 0.393. The van der Waals surface area contributed by atoms with Gasteiger partial charge in [0.25, 0.3) is 5.91 Å². The van der Waals surface area contributed by atoms with Crippen LogP contribution in [0.1, 0.15) is 71.0 Å². The minimum absolute atomic E-state index is 0.0482. The summed E-state index contributed by atoms with van der Waals surface area (Å²) in [5, 5.41) is 2.56. The zero-order chi connectivity index (χ0) is 24.9. The van der Waals surface area contributed by atoms with Crippen molar-refractivity contribution in [2.45, 2.75) is 53.2 Å². The first-order chi connectivity index (χ1) is 16.9. The quantitative estimate of drug-likeness (QED) is 0.423. The van der Waals surface area contributed by atoms with Crippen molar-refractivity contribution in [2.75, 3.05) is 19.6 Å². The lowest BCUT2D eigenvalue weighted by Crippen LogP contribution is -2.40. The number of benzene rings is 2. The van der Waals surface area contributed by atoms with Crippen molar-refractivity contribution in [1.82, 2.24) is 14.8 Å². The lowest BCUT2D eigenvalue weighted by Gasteiger charge is -2.38. The summed E-state index contributed by atoms with van der Waals surface area (Å²) in [5.41, 5.74) is 5.11. The second-order valence-corrected chi connectivity index (χ2v) is 9.70. The van der Waals surface area contributed by atoms with Gasteiger partial charge in [-0.3, -0.25) is 9.59 Å². The highest BCUT2D eigenvalue weighted by molar-refractivity contribution is 7.09. The number of carbonyl (C=O) groups is 2. The van der Waals surface area contributed by atoms with E-state index in [4.69, 9.17) is 4.74 Å². The molecule has 2 aromatic carbocycles. The molecule has 2 heterocycles. The van der Waals surface area contributed by atoms with Gasteiger partial charge in [-0.2, -0.15) is 0 Å². The van der Waals surface area contributed by atoms with Crippen LogP contribution in [0.3, 0.4) is 0 Å². The molecule has 7 heteroatoms. The molecule has 0 saturated heterocycles. The highest BCUT2D eigenvalue weighted by atomic mass is 32.1. The number of rotatable bonds is 8. The normalized spacial score (nSPS) is 15.0. The molecule has 0 saturated carbocycles. The Balaban J connectivity index is 1.57. The Labute approximate surface area is 211 Å². The average Bonchev–Trinajstić information content (AvgIpc) is 3.36. The summed E-state index contributed by atoms with van der Waals surface area (Å²) < 4.78 is 6.11. The Hall–Kier alpha value is -3.19. The topological polar surface area (TPSA) is 62.7 Å². The van der Waals surface area contributed by atoms with Gasteiger partial charge in [-0.1, -0.05) is 42.8 Å². The van der Waals surface area contributed by atoms with Gasteiger partial charge in [0, 0.05) is 31.4 Å². The zero-order valence-corrected chi connectivity index (χ0v) is 21.7. The van der Waals surface area contributed by atoms with Crippen molar-refractivity contribution in [2.24, 2.45) is 0 Å². The molecule has 0 spiro atoms. The van der Waals surface area contributed by atoms with E-state index in [1.807, 2.05) is 31.7 Å². The Morgan fingerprint density at radius 3 is 2.54 bits per heavy atom. The number of fused-ring (bicyclic) bond motifs is 1. The van der Waals surface area contributed by atoms with Gasteiger partial charge in [0.05, 0.1) is 6.04 Å². The molecule has 0 aliphatic carbocycles. The number of aryl methyl sites for hydroxylation is 1. The summed E-state index contributed by atoms with van der Waals surface area (Å²) in [6.07, 6.45) is 1.31. The summed E-state index contributed by atoms with van der Waals surface area (Å²) in [6, 6.07) is 14.4.